The largest absolute Gasteiger partial charge is 0.484 e. The highest BCUT2D eigenvalue weighted by atomic mass is 16.5. The molecule has 0 bridgehead atoms. The van der Waals surface area contributed by atoms with Crippen molar-refractivity contribution < 1.29 is 4.74 Å². The number of fused-ring (bicyclic) bond motifs is 1. The van der Waals surface area contributed by atoms with Crippen molar-refractivity contribution in [1.82, 2.24) is 0 Å². The Balaban J connectivity index is 1.83. The van der Waals surface area contributed by atoms with Gasteiger partial charge in [0, 0.05) is 6.04 Å². The summed E-state index contributed by atoms with van der Waals surface area (Å²) in [7, 11) is 0. The first kappa shape index (κ1) is 14.2. The number of aryl methyl sites for hydroxylation is 2. The number of hydrogen-bond acceptors (Lipinski definition) is 2. The van der Waals surface area contributed by atoms with Gasteiger partial charge in [-0.15, -0.1) is 0 Å². The normalized spacial score (nSPS) is 16.9. The SMILES string of the molecule is CC(N)C(Oc1ccc2c(c1)CCCC2)c1ccccc1. The van der Waals surface area contributed by atoms with Crippen molar-refractivity contribution in [1.29, 1.82) is 0 Å². The van der Waals surface area contributed by atoms with Crippen molar-refractivity contribution in [3.63, 3.8) is 0 Å². The van der Waals surface area contributed by atoms with E-state index in [1.165, 1.54) is 36.8 Å². The average Bonchev–Trinajstić information content (AvgIpc) is 2.53. The van der Waals surface area contributed by atoms with Crippen LogP contribution in [-0.4, -0.2) is 6.04 Å². The maximum Gasteiger partial charge on any atom is 0.138 e. The van der Waals surface area contributed by atoms with Crippen LogP contribution >= 0.6 is 0 Å². The summed E-state index contributed by atoms with van der Waals surface area (Å²) in [4.78, 5) is 0. The summed E-state index contributed by atoms with van der Waals surface area (Å²) in [6, 6.07) is 16.7. The van der Waals surface area contributed by atoms with E-state index in [1.807, 2.05) is 25.1 Å². The number of ether oxygens (including phenoxy) is 1. The lowest BCUT2D eigenvalue weighted by molar-refractivity contribution is 0.180. The second kappa shape index (κ2) is 6.31. The molecular formula is C19H23NO. The third-order valence-electron chi connectivity index (χ3n) is 4.19. The Kier molecular flexibility index (Phi) is 4.26. The van der Waals surface area contributed by atoms with Crippen molar-refractivity contribution in [2.75, 3.05) is 0 Å². The molecule has 2 aromatic carbocycles. The van der Waals surface area contributed by atoms with Crippen LogP contribution in [0.25, 0.3) is 0 Å². The molecule has 2 aromatic rings. The van der Waals surface area contributed by atoms with Crippen LogP contribution in [0, 0.1) is 0 Å². The van der Waals surface area contributed by atoms with E-state index >= 15 is 0 Å². The molecule has 2 N–H and O–H groups in total. The van der Waals surface area contributed by atoms with Crippen LogP contribution < -0.4 is 10.5 Å². The standard InChI is InChI=1S/C19H23NO/c1-14(20)19(16-8-3-2-4-9-16)21-18-12-11-15-7-5-6-10-17(15)13-18/h2-4,8-9,11-14,19H,5-7,10,20H2,1H3. The number of benzene rings is 2. The first-order valence-corrected chi connectivity index (χ1v) is 7.83. The van der Waals surface area contributed by atoms with Crippen molar-refractivity contribution in [3.05, 3.63) is 65.2 Å². The molecule has 2 heteroatoms. The lowest BCUT2D eigenvalue weighted by atomic mass is 9.91. The van der Waals surface area contributed by atoms with Crippen LogP contribution in [0.2, 0.25) is 0 Å². The molecule has 3 rings (SSSR count). The van der Waals surface area contributed by atoms with Crippen molar-refractivity contribution >= 4 is 0 Å². The topological polar surface area (TPSA) is 35.2 Å². The summed E-state index contributed by atoms with van der Waals surface area (Å²) >= 11 is 0. The number of rotatable bonds is 4. The summed E-state index contributed by atoms with van der Waals surface area (Å²) in [5.74, 6) is 0.932. The highest BCUT2D eigenvalue weighted by Crippen LogP contribution is 2.29. The molecule has 1 aliphatic carbocycles. The number of nitrogens with two attached hydrogens (primary N) is 1. The fourth-order valence-electron chi connectivity index (χ4n) is 3.05. The van der Waals surface area contributed by atoms with Crippen LogP contribution in [0.5, 0.6) is 5.75 Å². The van der Waals surface area contributed by atoms with Gasteiger partial charge in [-0.3, -0.25) is 0 Å². The fourth-order valence-corrected chi connectivity index (χ4v) is 3.05. The molecule has 2 atom stereocenters. The lowest BCUT2D eigenvalue weighted by Crippen LogP contribution is -2.29. The van der Waals surface area contributed by atoms with E-state index in [0.29, 0.717) is 0 Å². The van der Waals surface area contributed by atoms with E-state index in [9.17, 15) is 0 Å². The van der Waals surface area contributed by atoms with Gasteiger partial charge in [0.05, 0.1) is 0 Å². The molecule has 0 fully saturated rings. The van der Waals surface area contributed by atoms with Gasteiger partial charge in [-0.05, 0) is 61.4 Å². The van der Waals surface area contributed by atoms with Crippen LogP contribution in [0.4, 0.5) is 0 Å². The zero-order chi connectivity index (χ0) is 14.7. The third-order valence-corrected chi connectivity index (χ3v) is 4.19. The quantitative estimate of drug-likeness (QED) is 0.918. The molecule has 0 spiro atoms. The predicted molar refractivity (Wildman–Crippen MR) is 86.5 cm³/mol. The van der Waals surface area contributed by atoms with Gasteiger partial charge in [0.1, 0.15) is 11.9 Å². The Bertz CT molecular complexity index is 592. The molecule has 0 saturated heterocycles. The van der Waals surface area contributed by atoms with Crippen LogP contribution in [-0.2, 0) is 12.8 Å². The second-order valence-corrected chi connectivity index (χ2v) is 5.95. The fraction of sp³-hybridized carbons (Fsp3) is 0.368. The summed E-state index contributed by atoms with van der Waals surface area (Å²) in [5.41, 5.74) is 10.2. The van der Waals surface area contributed by atoms with Gasteiger partial charge in [0.2, 0.25) is 0 Å². The molecule has 0 heterocycles. The van der Waals surface area contributed by atoms with Crippen LogP contribution in [0.15, 0.2) is 48.5 Å². The van der Waals surface area contributed by atoms with Gasteiger partial charge < -0.3 is 10.5 Å². The molecule has 2 unspecified atom stereocenters. The molecule has 2 nitrogen and oxygen atoms in total. The highest BCUT2D eigenvalue weighted by molar-refractivity contribution is 5.37. The third kappa shape index (κ3) is 3.27. The van der Waals surface area contributed by atoms with E-state index in [1.54, 1.807) is 0 Å². The van der Waals surface area contributed by atoms with Gasteiger partial charge in [0.25, 0.3) is 0 Å². The minimum atomic E-state index is -0.104. The van der Waals surface area contributed by atoms with Gasteiger partial charge in [0.15, 0.2) is 0 Å². The Morgan fingerprint density at radius 1 is 0.952 bits per heavy atom. The lowest BCUT2D eigenvalue weighted by Gasteiger charge is -2.24. The molecule has 1 aliphatic rings. The van der Waals surface area contributed by atoms with Crippen molar-refractivity contribution in [2.45, 2.75) is 44.8 Å². The minimum Gasteiger partial charge on any atom is -0.484 e. The average molecular weight is 281 g/mol. The van der Waals surface area contributed by atoms with Crippen LogP contribution in [0.3, 0.4) is 0 Å². The van der Waals surface area contributed by atoms with Gasteiger partial charge in [-0.25, -0.2) is 0 Å². The summed E-state index contributed by atoms with van der Waals surface area (Å²) in [6.07, 6.45) is 4.85. The van der Waals surface area contributed by atoms with Crippen LogP contribution in [0.1, 0.15) is 42.6 Å². The Labute approximate surface area is 126 Å². The monoisotopic (exact) mass is 281 g/mol. The van der Waals surface area contributed by atoms with Gasteiger partial charge >= 0.3 is 0 Å². The minimum absolute atomic E-state index is 0.0524. The first-order chi connectivity index (χ1) is 10.2. The Morgan fingerprint density at radius 2 is 1.67 bits per heavy atom. The maximum atomic E-state index is 6.20. The smallest absolute Gasteiger partial charge is 0.138 e. The molecule has 21 heavy (non-hydrogen) atoms. The maximum absolute atomic E-state index is 6.20. The highest BCUT2D eigenvalue weighted by Gasteiger charge is 2.19. The first-order valence-electron chi connectivity index (χ1n) is 7.83. The Hall–Kier alpha value is -1.80. The van der Waals surface area contributed by atoms with Gasteiger partial charge in [-0.1, -0.05) is 36.4 Å². The summed E-state index contributed by atoms with van der Waals surface area (Å²) in [5, 5.41) is 0. The van der Waals surface area contributed by atoms with E-state index in [-0.39, 0.29) is 12.1 Å². The van der Waals surface area contributed by atoms with E-state index in [0.717, 1.165) is 11.3 Å². The van der Waals surface area contributed by atoms with Gasteiger partial charge in [-0.2, -0.15) is 0 Å². The molecule has 0 amide bonds. The molecule has 0 aromatic heterocycles. The zero-order valence-electron chi connectivity index (χ0n) is 12.6. The van der Waals surface area contributed by atoms with E-state index < -0.39 is 0 Å². The second-order valence-electron chi connectivity index (χ2n) is 5.95. The van der Waals surface area contributed by atoms with Crippen molar-refractivity contribution in [3.8, 4) is 5.75 Å². The Morgan fingerprint density at radius 3 is 2.38 bits per heavy atom. The van der Waals surface area contributed by atoms with Crippen molar-refractivity contribution in [2.24, 2.45) is 5.73 Å². The predicted octanol–water partition coefficient (Wildman–Crippen LogP) is 4.03. The summed E-state index contributed by atoms with van der Waals surface area (Å²) < 4.78 is 6.20. The number of hydrogen-bond donors (Lipinski definition) is 1. The summed E-state index contributed by atoms with van der Waals surface area (Å²) in [6.45, 7) is 2.00. The molecule has 0 saturated carbocycles. The molecule has 0 radical (unpaired) electrons. The van der Waals surface area contributed by atoms with E-state index in [4.69, 9.17) is 10.5 Å². The molecule has 110 valence electrons. The zero-order valence-corrected chi connectivity index (χ0v) is 12.6. The molecule has 0 aliphatic heterocycles. The molecular weight excluding hydrogens is 258 g/mol. The van der Waals surface area contributed by atoms with E-state index in [2.05, 4.69) is 30.3 Å².